The minimum atomic E-state index is -0.975. The predicted molar refractivity (Wildman–Crippen MR) is 85.8 cm³/mol. The minimum Gasteiger partial charge on any atom is -0.476 e. The second-order valence-corrected chi connectivity index (χ2v) is 7.18. The van der Waals surface area contributed by atoms with Gasteiger partial charge in [-0.2, -0.15) is 0 Å². The molecule has 0 aromatic carbocycles. The zero-order chi connectivity index (χ0) is 16.2. The largest absolute Gasteiger partial charge is 0.476 e. The number of aromatic carboxylic acids is 1. The van der Waals surface area contributed by atoms with Crippen LogP contribution < -0.4 is 0 Å². The van der Waals surface area contributed by atoms with Crippen LogP contribution in [0.4, 0.5) is 0 Å². The first kappa shape index (κ1) is 16.4. The molecular formula is C16H22N2O4S. The quantitative estimate of drug-likeness (QED) is 0.911. The molecule has 126 valence electrons. The fourth-order valence-electron chi connectivity index (χ4n) is 3.28. The van der Waals surface area contributed by atoms with Crippen molar-refractivity contribution in [3.63, 3.8) is 0 Å². The number of likely N-dealkylation sites (tertiary alicyclic amines) is 1. The van der Waals surface area contributed by atoms with Crippen LogP contribution >= 0.6 is 11.3 Å². The van der Waals surface area contributed by atoms with Gasteiger partial charge in [0.2, 0.25) is 5.91 Å². The summed E-state index contributed by atoms with van der Waals surface area (Å²) in [6.45, 7) is 3.04. The van der Waals surface area contributed by atoms with Crippen molar-refractivity contribution in [1.29, 1.82) is 0 Å². The highest BCUT2D eigenvalue weighted by atomic mass is 32.1. The maximum absolute atomic E-state index is 12.4. The van der Waals surface area contributed by atoms with E-state index in [9.17, 15) is 9.59 Å². The van der Waals surface area contributed by atoms with Gasteiger partial charge in [0.1, 0.15) is 0 Å². The van der Waals surface area contributed by atoms with Crippen LogP contribution in [-0.2, 0) is 9.53 Å². The zero-order valence-corrected chi connectivity index (χ0v) is 13.9. The number of nitrogens with zero attached hydrogens (tertiary/aromatic N) is 2. The number of thiazole rings is 1. The molecule has 0 unspecified atom stereocenters. The van der Waals surface area contributed by atoms with E-state index in [2.05, 4.69) is 4.98 Å². The topological polar surface area (TPSA) is 79.7 Å². The standard InChI is InChI=1S/C16H22N2O4S/c19-14(9-11-3-7-22-8-4-11)18-5-1-12(2-6-18)15-17-13(10-23-15)16(20)21/h10-12H,1-9H2,(H,20,21). The Morgan fingerprint density at radius 1 is 1.26 bits per heavy atom. The Morgan fingerprint density at radius 3 is 2.57 bits per heavy atom. The van der Waals surface area contributed by atoms with Gasteiger partial charge in [0.25, 0.3) is 0 Å². The van der Waals surface area contributed by atoms with Crippen molar-refractivity contribution < 1.29 is 19.4 Å². The summed E-state index contributed by atoms with van der Waals surface area (Å²) < 4.78 is 5.34. The summed E-state index contributed by atoms with van der Waals surface area (Å²) in [5.41, 5.74) is 0.128. The molecule has 6 nitrogen and oxygen atoms in total. The van der Waals surface area contributed by atoms with Crippen LogP contribution in [0.5, 0.6) is 0 Å². The number of ether oxygens (including phenoxy) is 1. The van der Waals surface area contributed by atoms with Gasteiger partial charge in [-0.05, 0) is 31.6 Å². The van der Waals surface area contributed by atoms with Crippen LogP contribution in [-0.4, -0.2) is 53.2 Å². The summed E-state index contributed by atoms with van der Waals surface area (Å²) in [6.07, 6.45) is 4.34. The molecule has 0 saturated carbocycles. The molecule has 2 saturated heterocycles. The van der Waals surface area contributed by atoms with Gasteiger partial charge in [-0.15, -0.1) is 11.3 Å². The molecule has 0 bridgehead atoms. The van der Waals surface area contributed by atoms with Crippen LogP contribution in [0.1, 0.15) is 53.5 Å². The van der Waals surface area contributed by atoms with Crippen molar-refractivity contribution in [2.75, 3.05) is 26.3 Å². The third-order valence-corrected chi connectivity index (χ3v) is 5.75. The van der Waals surface area contributed by atoms with Gasteiger partial charge in [-0.3, -0.25) is 4.79 Å². The average molecular weight is 338 g/mol. The van der Waals surface area contributed by atoms with Crippen molar-refractivity contribution in [1.82, 2.24) is 9.88 Å². The number of carboxylic acid groups (broad SMARTS) is 1. The number of hydrogen-bond donors (Lipinski definition) is 1. The van der Waals surface area contributed by atoms with E-state index < -0.39 is 5.97 Å². The van der Waals surface area contributed by atoms with Crippen molar-refractivity contribution in [3.8, 4) is 0 Å². The first-order valence-corrected chi connectivity index (χ1v) is 9.05. The Balaban J connectivity index is 1.49. The highest BCUT2D eigenvalue weighted by Crippen LogP contribution is 2.31. The normalized spacial score (nSPS) is 20.6. The molecule has 23 heavy (non-hydrogen) atoms. The van der Waals surface area contributed by atoms with Crippen LogP contribution in [0.3, 0.4) is 0 Å². The van der Waals surface area contributed by atoms with Gasteiger partial charge in [0, 0.05) is 44.0 Å². The Kier molecular flexibility index (Phi) is 5.27. The second kappa shape index (κ2) is 7.40. The van der Waals surface area contributed by atoms with E-state index in [1.807, 2.05) is 4.90 Å². The number of amides is 1. The molecule has 2 fully saturated rings. The Labute approximate surface area is 139 Å². The van der Waals surface area contributed by atoms with Crippen LogP contribution in [0, 0.1) is 5.92 Å². The fraction of sp³-hybridized carbons (Fsp3) is 0.688. The summed E-state index contributed by atoms with van der Waals surface area (Å²) in [5, 5.41) is 11.4. The molecule has 1 aromatic rings. The molecule has 7 heteroatoms. The fourth-order valence-corrected chi connectivity index (χ4v) is 4.24. The number of carbonyl (C=O) groups is 2. The van der Waals surface area contributed by atoms with Crippen LogP contribution in [0.2, 0.25) is 0 Å². The van der Waals surface area contributed by atoms with E-state index in [1.54, 1.807) is 5.38 Å². The second-order valence-electron chi connectivity index (χ2n) is 6.29. The SMILES string of the molecule is O=C(O)c1csc(C2CCN(C(=O)CC3CCOCC3)CC2)n1. The molecular weight excluding hydrogens is 316 g/mol. The summed E-state index contributed by atoms with van der Waals surface area (Å²) in [6, 6.07) is 0. The highest BCUT2D eigenvalue weighted by Gasteiger charge is 2.28. The van der Waals surface area contributed by atoms with Crippen molar-refractivity contribution in [3.05, 3.63) is 16.1 Å². The molecule has 1 amide bonds. The van der Waals surface area contributed by atoms with Gasteiger partial charge in [-0.25, -0.2) is 9.78 Å². The van der Waals surface area contributed by atoms with Gasteiger partial charge in [0.05, 0.1) is 5.01 Å². The summed E-state index contributed by atoms with van der Waals surface area (Å²) in [4.78, 5) is 29.5. The average Bonchev–Trinajstić information content (AvgIpc) is 3.06. The molecule has 0 spiro atoms. The number of piperidine rings is 1. The third-order valence-electron chi connectivity index (χ3n) is 4.74. The number of carboxylic acids is 1. The van der Waals surface area contributed by atoms with Crippen molar-refractivity contribution in [2.24, 2.45) is 5.92 Å². The van der Waals surface area contributed by atoms with E-state index in [-0.39, 0.29) is 17.5 Å². The molecule has 1 N–H and O–H groups in total. The Morgan fingerprint density at radius 2 is 1.96 bits per heavy atom. The summed E-state index contributed by atoms with van der Waals surface area (Å²) in [7, 11) is 0. The monoisotopic (exact) mass is 338 g/mol. The first-order valence-electron chi connectivity index (χ1n) is 8.17. The molecule has 3 rings (SSSR count). The summed E-state index contributed by atoms with van der Waals surface area (Å²) in [5.74, 6) is 0.0172. The lowest BCUT2D eigenvalue weighted by Gasteiger charge is -2.32. The van der Waals surface area contributed by atoms with E-state index in [0.717, 1.165) is 57.0 Å². The number of hydrogen-bond acceptors (Lipinski definition) is 5. The predicted octanol–water partition coefficient (Wildman–Crippen LogP) is 2.36. The van der Waals surface area contributed by atoms with E-state index in [4.69, 9.17) is 9.84 Å². The van der Waals surface area contributed by atoms with Gasteiger partial charge in [-0.1, -0.05) is 0 Å². The number of carbonyl (C=O) groups excluding carboxylic acids is 1. The summed E-state index contributed by atoms with van der Waals surface area (Å²) >= 11 is 1.41. The molecule has 3 heterocycles. The van der Waals surface area contributed by atoms with Gasteiger partial charge in [0.15, 0.2) is 5.69 Å². The molecule has 1 aromatic heterocycles. The van der Waals surface area contributed by atoms with Gasteiger partial charge < -0.3 is 14.7 Å². The maximum Gasteiger partial charge on any atom is 0.355 e. The lowest BCUT2D eigenvalue weighted by atomic mass is 9.93. The minimum absolute atomic E-state index is 0.128. The number of aromatic nitrogens is 1. The lowest BCUT2D eigenvalue weighted by molar-refractivity contribution is -0.134. The van der Waals surface area contributed by atoms with Crippen LogP contribution in [0.15, 0.2) is 5.38 Å². The maximum atomic E-state index is 12.4. The van der Waals surface area contributed by atoms with E-state index in [1.165, 1.54) is 11.3 Å². The molecule has 0 aliphatic carbocycles. The molecule has 0 atom stereocenters. The molecule has 0 radical (unpaired) electrons. The highest BCUT2D eigenvalue weighted by molar-refractivity contribution is 7.09. The van der Waals surface area contributed by atoms with E-state index in [0.29, 0.717) is 12.3 Å². The van der Waals surface area contributed by atoms with Crippen molar-refractivity contribution >= 4 is 23.2 Å². The first-order chi connectivity index (χ1) is 11.1. The molecule has 2 aliphatic heterocycles. The Hall–Kier alpha value is -1.47. The lowest BCUT2D eigenvalue weighted by Crippen LogP contribution is -2.39. The smallest absolute Gasteiger partial charge is 0.355 e. The van der Waals surface area contributed by atoms with Crippen LogP contribution in [0.25, 0.3) is 0 Å². The number of rotatable bonds is 4. The van der Waals surface area contributed by atoms with E-state index >= 15 is 0 Å². The Bertz CT molecular complexity index is 560. The zero-order valence-electron chi connectivity index (χ0n) is 13.1. The van der Waals surface area contributed by atoms with Crippen molar-refractivity contribution in [2.45, 2.75) is 38.0 Å². The van der Waals surface area contributed by atoms with Gasteiger partial charge >= 0.3 is 5.97 Å². The molecule has 2 aliphatic rings. The third kappa shape index (κ3) is 4.09.